The lowest BCUT2D eigenvalue weighted by atomic mass is 9.98. The predicted octanol–water partition coefficient (Wildman–Crippen LogP) is 3.15. The summed E-state index contributed by atoms with van der Waals surface area (Å²) >= 11 is 0. The quantitative estimate of drug-likeness (QED) is 0.374. The highest BCUT2D eigenvalue weighted by atomic mass is 16.3. The second-order valence-corrected chi connectivity index (χ2v) is 6.59. The van der Waals surface area contributed by atoms with Crippen LogP contribution in [-0.2, 0) is 0 Å². The van der Waals surface area contributed by atoms with E-state index in [-0.39, 0.29) is 12.2 Å². The largest absolute Gasteiger partial charge is 0.393 e. The number of aliphatic hydroxyl groups excluding tert-OH is 4. The average molecular weight is 318 g/mol. The van der Waals surface area contributed by atoms with Crippen LogP contribution >= 0.6 is 0 Å². The van der Waals surface area contributed by atoms with Crippen molar-refractivity contribution in [3.8, 4) is 0 Å². The van der Waals surface area contributed by atoms with E-state index >= 15 is 0 Å². The van der Waals surface area contributed by atoms with Gasteiger partial charge in [-0.1, -0.05) is 39.5 Å². The van der Waals surface area contributed by atoms with E-state index in [4.69, 9.17) is 0 Å². The van der Waals surface area contributed by atoms with Gasteiger partial charge in [0.1, 0.15) is 0 Å². The number of unbranched alkanes of at least 4 members (excludes halogenated alkanes) is 2. The van der Waals surface area contributed by atoms with Crippen molar-refractivity contribution in [2.75, 3.05) is 0 Å². The van der Waals surface area contributed by atoms with Crippen molar-refractivity contribution >= 4 is 0 Å². The lowest BCUT2D eigenvalue weighted by molar-refractivity contribution is 0.00317. The molecule has 0 aromatic carbocycles. The summed E-state index contributed by atoms with van der Waals surface area (Å²) in [7, 11) is 0. The summed E-state index contributed by atoms with van der Waals surface area (Å²) < 4.78 is 0. The van der Waals surface area contributed by atoms with Gasteiger partial charge in [-0.2, -0.15) is 0 Å². The first-order valence-corrected chi connectivity index (χ1v) is 9.23. The van der Waals surface area contributed by atoms with Crippen LogP contribution in [0.4, 0.5) is 0 Å². The summed E-state index contributed by atoms with van der Waals surface area (Å²) in [6.45, 7) is 4.21. The average Bonchev–Trinajstić information content (AvgIpc) is 2.50. The number of rotatable bonds is 15. The molecule has 0 heterocycles. The highest BCUT2D eigenvalue weighted by Gasteiger charge is 2.17. The van der Waals surface area contributed by atoms with Crippen molar-refractivity contribution in [2.45, 2.75) is 115 Å². The Morgan fingerprint density at radius 2 is 0.818 bits per heavy atom. The summed E-state index contributed by atoms with van der Waals surface area (Å²) in [5.74, 6) is 0. The van der Waals surface area contributed by atoms with Crippen LogP contribution in [0, 0.1) is 0 Å². The van der Waals surface area contributed by atoms with Crippen LogP contribution in [0.25, 0.3) is 0 Å². The molecule has 0 rings (SSSR count). The monoisotopic (exact) mass is 318 g/mol. The van der Waals surface area contributed by atoms with Gasteiger partial charge >= 0.3 is 0 Å². The van der Waals surface area contributed by atoms with Gasteiger partial charge in [0, 0.05) is 0 Å². The standard InChI is InChI=1S/C18H38O4/c1-3-5-9-15(19)11-7-13-17(21)18(22)14-8-12-16(20)10-6-4-2/h15-22H,3-14H2,1-2H3. The van der Waals surface area contributed by atoms with E-state index in [1.54, 1.807) is 0 Å². The Labute approximate surface area is 136 Å². The highest BCUT2D eigenvalue weighted by Crippen LogP contribution is 2.15. The third kappa shape index (κ3) is 12.4. The van der Waals surface area contributed by atoms with Crippen LogP contribution in [0.1, 0.15) is 90.9 Å². The Balaban J connectivity index is 3.63. The molecule has 0 aliphatic heterocycles. The molecule has 22 heavy (non-hydrogen) atoms. The van der Waals surface area contributed by atoms with Crippen LogP contribution < -0.4 is 0 Å². The van der Waals surface area contributed by atoms with E-state index < -0.39 is 12.2 Å². The Hall–Kier alpha value is -0.160. The fraction of sp³-hybridized carbons (Fsp3) is 1.00. The summed E-state index contributed by atoms with van der Waals surface area (Å²) in [5.41, 5.74) is 0. The van der Waals surface area contributed by atoms with E-state index in [1.807, 2.05) is 0 Å². The second kappa shape index (κ2) is 14.4. The zero-order valence-electron chi connectivity index (χ0n) is 14.6. The van der Waals surface area contributed by atoms with Gasteiger partial charge in [0.2, 0.25) is 0 Å². The number of hydrogen-bond acceptors (Lipinski definition) is 4. The summed E-state index contributed by atoms with van der Waals surface area (Å²) in [4.78, 5) is 0. The van der Waals surface area contributed by atoms with Crippen molar-refractivity contribution in [3.05, 3.63) is 0 Å². The second-order valence-electron chi connectivity index (χ2n) is 6.59. The highest BCUT2D eigenvalue weighted by molar-refractivity contribution is 4.69. The Kier molecular flexibility index (Phi) is 14.3. The summed E-state index contributed by atoms with van der Waals surface area (Å²) in [6.07, 6.45) is 7.82. The molecule has 0 saturated carbocycles. The third-order valence-corrected chi connectivity index (χ3v) is 4.30. The maximum atomic E-state index is 9.92. The minimum Gasteiger partial charge on any atom is -0.393 e. The molecule has 0 aromatic rings. The molecule has 4 atom stereocenters. The van der Waals surface area contributed by atoms with Gasteiger partial charge in [-0.15, -0.1) is 0 Å². The molecule has 0 aliphatic carbocycles. The van der Waals surface area contributed by atoms with E-state index in [0.717, 1.165) is 51.4 Å². The van der Waals surface area contributed by atoms with Crippen LogP contribution in [0.2, 0.25) is 0 Å². The van der Waals surface area contributed by atoms with Crippen LogP contribution in [0.3, 0.4) is 0 Å². The third-order valence-electron chi connectivity index (χ3n) is 4.30. The first kappa shape index (κ1) is 21.8. The van der Waals surface area contributed by atoms with Crippen molar-refractivity contribution in [2.24, 2.45) is 0 Å². The van der Waals surface area contributed by atoms with Gasteiger partial charge in [-0.05, 0) is 51.4 Å². The molecule has 4 nitrogen and oxygen atoms in total. The molecule has 0 bridgehead atoms. The minimum absolute atomic E-state index is 0.280. The maximum absolute atomic E-state index is 9.92. The molecule has 4 unspecified atom stereocenters. The summed E-state index contributed by atoms with van der Waals surface area (Å²) in [6, 6.07) is 0. The lowest BCUT2D eigenvalue weighted by Crippen LogP contribution is -2.26. The molecular formula is C18H38O4. The van der Waals surface area contributed by atoms with E-state index in [9.17, 15) is 20.4 Å². The first-order valence-electron chi connectivity index (χ1n) is 9.23. The molecule has 0 amide bonds. The van der Waals surface area contributed by atoms with Crippen molar-refractivity contribution in [1.82, 2.24) is 0 Å². The van der Waals surface area contributed by atoms with E-state index in [2.05, 4.69) is 13.8 Å². The van der Waals surface area contributed by atoms with Crippen LogP contribution in [-0.4, -0.2) is 44.8 Å². The van der Waals surface area contributed by atoms with Gasteiger partial charge in [-0.3, -0.25) is 0 Å². The zero-order valence-corrected chi connectivity index (χ0v) is 14.6. The Bertz CT molecular complexity index is 211. The molecule has 0 saturated heterocycles. The zero-order chi connectivity index (χ0) is 16.8. The molecular weight excluding hydrogens is 280 g/mol. The van der Waals surface area contributed by atoms with Gasteiger partial charge in [-0.25, -0.2) is 0 Å². The van der Waals surface area contributed by atoms with Crippen LogP contribution in [0.15, 0.2) is 0 Å². The SMILES string of the molecule is CCCCC(O)CCCC(O)C(O)CCCC(O)CCCC. The molecule has 0 aliphatic rings. The van der Waals surface area contributed by atoms with Gasteiger partial charge in [0.15, 0.2) is 0 Å². The number of aliphatic hydroxyl groups is 4. The smallest absolute Gasteiger partial charge is 0.0799 e. The summed E-state index contributed by atoms with van der Waals surface area (Å²) in [5, 5.41) is 39.3. The van der Waals surface area contributed by atoms with Crippen molar-refractivity contribution in [1.29, 1.82) is 0 Å². The Morgan fingerprint density at radius 1 is 0.500 bits per heavy atom. The fourth-order valence-electron chi connectivity index (χ4n) is 2.68. The maximum Gasteiger partial charge on any atom is 0.0799 e. The van der Waals surface area contributed by atoms with E-state index in [0.29, 0.717) is 25.7 Å². The minimum atomic E-state index is -0.717. The first-order chi connectivity index (χ1) is 10.5. The Morgan fingerprint density at radius 3 is 1.14 bits per heavy atom. The lowest BCUT2D eigenvalue weighted by Gasteiger charge is -2.19. The molecule has 4 heteroatoms. The van der Waals surface area contributed by atoms with Crippen molar-refractivity contribution < 1.29 is 20.4 Å². The van der Waals surface area contributed by atoms with Crippen LogP contribution in [0.5, 0.6) is 0 Å². The molecule has 0 radical (unpaired) electrons. The van der Waals surface area contributed by atoms with Gasteiger partial charge in [0.25, 0.3) is 0 Å². The predicted molar refractivity (Wildman–Crippen MR) is 90.8 cm³/mol. The van der Waals surface area contributed by atoms with Crippen molar-refractivity contribution in [3.63, 3.8) is 0 Å². The number of hydrogen-bond donors (Lipinski definition) is 4. The normalized spacial score (nSPS) is 17.2. The molecule has 134 valence electrons. The van der Waals surface area contributed by atoms with Gasteiger partial charge < -0.3 is 20.4 Å². The molecule has 0 spiro atoms. The molecule has 4 N–H and O–H groups in total. The van der Waals surface area contributed by atoms with E-state index in [1.165, 1.54) is 0 Å². The molecule has 0 aromatic heterocycles. The topological polar surface area (TPSA) is 80.9 Å². The fourth-order valence-corrected chi connectivity index (χ4v) is 2.68. The van der Waals surface area contributed by atoms with Gasteiger partial charge in [0.05, 0.1) is 24.4 Å². The molecule has 0 fully saturated rings.